The number of benzene rings is 2. The van der Waals surface area contributed by atoms with E-state index in [1.165, 1.54) is 5.56 Å². The highest BCUT2D eigenvalue weighted by molar-refractivity contribution is 5.79. The molecule has 0 amide bonds. The van der Waals surface area contributed by atoms with Crippen LogP contribution in [0.3, 0.4) is 0 Å². The first-order valence-corrected chi connectivity index (χ1v) is 7.26. The summed E-state index contributed by atoms with van der Waals surface area (Å²) in [5.41, 5.74) is 2.56. The normalized spacial score (nSPS) is 11.8. The van der Waals surface area contributed by atoms with Crippen LogP contribution in [0, 0.1) is 0 Å². The molecule has 2 N–H and O–H groups in total. The van der Waals surface area contributed by atoms with Crippen LogP contribution in [0.25, 0.3) is 22.3 Å². The topological polar surface area (TPSA) is 60.9 Å². The number of hydrogen-bond acceptors (Lipinski definition) is 3. The maximum Gasteiger partial charge on any atom is 0.280 e. The van der Waals surface area contributed by atoms with Gasteiger partial charge in [-0.25, -0.2) is 9.66 Å². The van der Waals surface area contributed by atoms with Crippen LogP contribution in [0.2, 0.25) is 0 Å². The predicted molar refractivity (Wildman–Crippen MR) is 90.3 cm³/mol. The Morgan fingerprint density at radius 1 is 1.00 bits per heavy atom. The second-order valence-electron chi connectivity index (χ2n) is 6.46. The fourth-order valence-electron chi connectivity index (χ4n) is 2.47. The van der Waals surface area contributed by atoms with E-state index in [-0.39, 0.29) is 11.0 Å². The molecule has 3 rings (SSSR count). The molecule has 0 radical (unpaired) electrons. The molecule has 3 aromatic rings. The summed E-state index contributed by atoms with van der Waals surface area (Å²) in [7, 11) is 0. The summed E-state index contributed by atoms with van der Waals surface area (Å²) < 4.78 is 1.12. The van der Waals surface area contributed by atoms with E-state index in [1.807, 2.05) is 30.3 Å². The van der Waals surface area contributed by atoms with Crippen LogP contribution in [0.1, 0.15) is 26.3 Å². The first kappa shape index (κ1) is 14.3. The number of nitrogens with two attached hydrogens (primary N) is 1. The lowest BCUT2D eigenvalue weighted by molar-refractivity contribution is 0.590. The van der Waals surface area contributed by atoms with Crippen LogP contribution >= 0.6 is 0 Å². The monoisotopic (exact) mass is 293 g/mol. The number of rotatable bonds is 1. The Kier molecular flexibility index (Phi) is 3.24. The Morgan fingerprint density at radius 3 is 2.27 bits per heavy atom. The number of fused-ring (bicyclic) bond motifs is 1. The van der Waals surface area contributed by atoms with E-state index < -0.39 is 0 Å². The molecule has 2 aromatic carbocycles. The highest BCUT2D eigenvalue weighted by Gasteiger charge is 2.15. The van der Waals surface area contributed by atoms with Crippen molar-refractivity contribution >= 4 is 10.9 Å². The molecule has 0 aliphatic heterocycles. The fraction of sp³-hybridized carbons (Fsp3) is 0.222. The van der Waals surface area contributed by atoms with Crippen molar-refractivity contribution in [3.05, 3.63) is 64.4 Å². The molecule has 1 aromatic heterocycles. The van der Waals surface area contributed by atoms with Gasteiger partial charge in [0.25, 0.3) is 5.56 Å². The SMILES string of the molecule is CC(C)(C)c1ccc(-c2nc3ccccc3c(=O)n2N)cc1. The quantitative estimate of drug-likeness (QED) is 0.701. The second kappa shape index (κ2) is 4.98. The van der Waals surface area contributed by atoms with E-state index in [0.29, 0.717) is 16.7 Å². The Morgan fingerprint density at radius 2 is 1.64 bits per heavy atom. The summed E-state index contributed by atoms with van der Waals surface area (Å²) in [5.74, 6) is 6.42. The van der Waals surface area contributed by atoms with Gasteiger partial charge in [-0.05, 0) is 23.1 Å². The van der Waals surface area contributed by atoms with Gasteiger partial charge in [0, 0.05) is 5.56 Å². The molecule has 0 atom stereocenters. The summed E-state index contributed by atoms with van der Waals surface area (Å²) in [6.45, 7) is 6.49. The molecule has 4 nitrogen and oxygen atoms in total. The first-order chi connectivity index (χ1) is 10.4. The maximum atomic E-state index is 12.3. The van der Waals surface area contributed by atoms with Gasteiger partial charge in [0.1, 0.15) is 0 Å². The largest absolute Gasteiger partial charge is 0.334 e. The highest BCUT2D eigenvalue weighted by atomic mass is 16.1. The first-order valence-electron chi connectivity index (χ1n) is 7.26. The minimum Gasteiger partial charge on any atom is -0.334 e. The Balaban J connectivity index is 2.18. The van der Waals surface area contributed by atoms with Gasteiger partial charge in [-0.15, -0.1) is 0 Å². The van der Waals surface area contributed by atoms with Crippen molar-refractivity contribution in [2.75, 3.05) is 5.84 Å². The molecule has 112 valence electrons. The lowest BCUT2D eigenvalue weighted by atomic mass is 9.86. The lowest BCUT2D eigenvalue weighted by Crippen LogP contribution is -2.29. The minimum absolute atomic E-state index is 0.0811. The zero-order valence-electron chi connectivity index (χ0n) is 13.0. The third-order valence-electron chi connectivity index (χ3n) is 3.82. The number of para-hydroxylation sites is 1. The maximum absolute atomic E-state index is 12.3. The predicted octanol–water partition coefficient (Wildman–Crippen LogP) is 3.07. The van der Waals surface area contributed by atoms with Gasteiger partial charge in [0.15, 0.2) is 5.82 Å². The van der Waals surface area contributed by atoms with E-state index in [0.717, 1.165) is 10.2 Å². The molecule has 4 heteroatoms. The zero-order chi connectivity index (χ0) is 15.9. The van der Waals surface area contributed by atoms with Crippen LogP contribution in [0.15, 0.2) is 53.3 Å². The summed E-state index contributed by atoms with van der Waals surface area (Å²) in [5, 5.41) is 0.528. The summed E-state index contributed by atoms with van der Waals surface area (Å²) in [6.07, 6.45) is 0. The molecular weight excluding hydrogens is 274 g/mol. The molecule has 0 aliphatic rings. The molecule has 0 fully saturated rings. The smallest absolute Gasteiger partial charge is 0.280 e. The molecule has 0 aliphatic carbocycles. The molecule has 22 heavy (non-hydrogen) atoms. The van der Waals surface area contributed by atoms with Crippen LogP contribution in [-0.4, -0.2) is 9.66 Å². The van der Waals surface area contributed by atoms with Gasteiger partial charge in [-0.3, -0.25) is 4.79 Å². The summed E-state index contributed by atoms with van der Waals surface area (Å²) in [6, 6.07) is 15.3. The molecule has 0 unspecified atom stereocenters. The van der Waals surface area contributed by atoms with Crippen LogP contribution in [-0.2, 0) is 5.41 Å². The Labute approximate surface area is 129 Å². The number of nitrogens with zero attached hydrogens (tertiary/aromatic N) is 2. The van der Waals surface area contributed by atoms with Gasteiger partial charge < -0.3 is 5.84 Å². The molecule has 0 saturated heterocycles. The standard InChI is InChI=1S/C18H19N3O/c1-18(2,3)13-10-8-12(9-11-13)16-20-15-7-5-4-6-14(15)17(22)21(16)19/h4-11H,19H2,1-3H3. The van der Waals surface area contributed by atoms with Crippen LogP contribution in [0.4, 0.5) is 0 Å². The highest BCUT2D eigenvalue weighted by Crippen LogP contribution is 2.25. The molecule has 1 heterocycles. The average Bonchev–Trinajstić information content (AvgIpc) is 2.50. The van der Waals surface area contributed by atoms with Crippen molar-refractivity contribution in [2.24, 2.45) is 0 Å². The Hall–Kier alpha value is -2.62. The summed E-state index contributed by atoms with van der Waals surface area (Å²) in [4.78, 5) is 16.9. The summed E-state index contributed by atoms with van der Waals surface area (Å²) >= 11 is 0. The van der Waals surface area contributed by atoms with Gasteiger partial charge in [-0.2, -0.15) is 0 Å². The third-order valence-corrected chi connectivity index (χ3v) is 3.82. The minimum atomic E-state index is -0.236. The number of nitrogen functional groups attached to an aromatic ring is 1. The fourth-order valence-corrected chi connectivity index (χ4v) is 2.47. The van der Waals surface area contributed by atoms with Gasteiger partial charge >= 0.3 is 0 Å². The second-order valence-corrected chi connectivity index (χ2v) is 6.46. The Bertz CT molecular complexity index is 887. The van der Waals surface area contributed by atoms with Gasteiger partial charge in [0.05, 0.1) is 10.9 Å². The average molecular weight is 293 g/mol. The van der Waals surface area contributed by atoms with Crippen molar-refractivity contribution < 1.29 is 0 Å². The van der Waals surface area contributed by atoms with Crippen molar-refractivity contribution in [2.45, 2.75) is 26.2 Å². The van der Waals surface area contributed by atoms with E-state index in [9.17, 15) is 4.79 Å². The molecule has 0 spiro atoms. The van der Waals surface area contributed by atoms with Crippen molar-refractivity contribution in [1.29, 1.82) is 0 Å². The molecule has 0 bridgehead atoms. The van der Waals surface area contributed by atoms with Crippen LogP contribution in [0.5, 0.6) is 0 Å². The lowest BCUT2D eigenvalue weighted by Gasteiger charge is -2.19. The zero-order valence-corrected chi connectivity index (χ0v) is 13.0. The van der Waals surface area contributed by atoms with Crippen LogP contribution < -0.4 is 11.4 Å². The van der Waals surface area contributed by atoms with Gasteiger partial charge in [0.2, 0.25) is 0 Å². The van der Waals surface area contributed by atoms with E-state index in [1.54, 1.807) is 6.07 Å². The molecule has 0 saturated carbocycles. The number of hydrogen-bond donors (Lipinski definition) is 1. The van der Waals surface area contributed by atoms with Crippen molar-refractivity contribution in [3.63, 3.8) is 0 Å². The van der Waals surface area contributed by atoms with E-state index in [2.05, 4.69) is 37.9 Å². The molecular formula is C18H19N3O. The van der Waals surface area contributed by atoms with Crippen molar-refractivity contribution in [1.82, 2.24) is 9.66 Å². The number of aromatic nitrogens is 2. The van der Waals surface area contributed by atoms with E-state index in [4.69, 9.17) is 5.84 Å². The van der Waals surface area contributed by atoms with Crippen molar-refractivity contribution in [3.8, 4) is 11.4 Å². The van der Waals surface area contributed by atoms with E-state index >= 15 is 0 Å². The van der Waals surface area contributed by atoms with Gasteiger partial charge in [-0.1, -0.05) is 57.2 Å². The third kappa shape index (κ3) is 2.37.